The molecule has 1 aliphatic heterocycles. The third kappa shape index (κ3) is 6.34. The van der Waals surface area contributed by atoms with Crippen LogP contribution in [0.25, 0.3) is 0 Å². The van der Waals surface area contributed by atoms with Gasteiger partial charge in [0.15, 0.2) is 0 Å². The highest BCUT2D eigenvalue weighted by molar-refractivity contribution is 8.00. The third-order valence-corrected chi connectivity index (χ3v) is 4.92. The first-order chi connectivity index (χ1) is 11.2. The van der Waals surface area contributed by atoms with Crippen molar-refractivity contribution in [2.75, 3.05) is 31.9 Å². The molecule has 0 unspecified atom stereocenters. The van der Waals surface area contributed by atoms with Crippen molar-refractivity contribution in [3.05, 3.63) is 29.8 Å². The number of thioether (sulfide) groups is 1. The van der Waals surface area contributed by atoms with Gasteiger partial charge >= 0.3 is 0 Å². The first-order valence-electron chi connectivity index (χ1n) is 8.20. The molecule has 0 atom stereocenters. The lowest BCUT2D eigenvalue weighted by Crippen LogP contribution is -2.29. The highest BCUT2D eigenvalue weighted by Crippen LogP contribution is 2.23. The molecule has 1 heterocycles. The van der Waals surface area contributed by atoms with Gasteiger partial charge in [0.25, 0.3) is 5.91 Å². The number of nitrogens with two attached hydrogens (primary N) is 1. The maximum atomic E-state index is 12.3. The van der Waals surface area contributed by atoms with Gasteiger partial charge in [0.2, 0.25) is 5.91 Å². The van der Waals surface area contributed by atoms with Crippen LogP contribution in [0.3, 0.4) is 0 Å². The van der Waals surface area contributed by atoms with Crippen molar-refractivity contribution in [3.8, 4) is 0 Å². The lowest BCUT2D eigenvalue weighted by molar-refractivity contribution is -0.127. The number of likely N-dealkylation sites (tertiary alicyclic amines) is 1. The average molecular weight is 372 g/mol. The fourth-order valence-electron chi connectivity index (χ4n) is 2.54. The van der Waals surface area contributed by atoms with Crippen LogP contribution in [0.2, 0.25) is 0 Å². The second kappa shape index (κ2) is 11.3. The van der Waals surface area contributed by atoms with Gasteiger partial charge in [-0.25, -0.2) is 0 Å². The van der Waals surface area contributed by atoms with Gasteiger partial charge in [0, 0.05) is 24.5 Å². The van der Waals surface area contributed by atoms with Crippen molar-refractivity contribution in [3.63, 3.8) is 0 Å². The average Bonchev–Trinajstić information content (AvgIpc) is 3.11. The molecule has 0 aliphatic carbocycles. The summed E-state index contributed by atoms with van der Waals surface area (Å²) in [6, 6.07) is 7.45. The van der Waals surface area contributed by atoms with Crippen molar-refractivity contribution < 1.29 is 9.59 Å². The zero-order valence-corrected chi connectivity index (χ0v) is 15.5. The minimum Gasteiger partial charge on any atom is -0.352 e. The van der Waals surface area contributed by atoms with Gasteiger partial charge in [-0.2, -0.15) is 0 Å². The zero-order chi connectivity index (χ0) is 16.5. The van der Waals surface area contributed by atoms with Crippen molar-refractivity contribution in [2.24, 2.45) is 5.73 Å². The summed E-state index contributed by atoms with van der Waals surface area (Å²) in [5.74, 6) is 0.460. The van der Waals surface area contributed by atoms with Crippen molar-refractivity contribution in [2.45, 2.75) is 30.6 Å². The molecule has 0 radical (unpaired) electrons. The molecular weight excluding hydrogens is 346 g/mol. The maximum Gasteiger partial charge on any atom is 0.252 e. The Labute approximate surface area is 154 Å². The molecule has 2 rings (SSSR count). The molecule has 2 amide bonds. The van der Waals surface area contributed by atoms with Gasteiger partial charge in [-0.1, -0.05) is 12.1 Å². The Morgan fingerprint density at radius 1 is 1.17 bits per heavy atom. The number of benzene rings is 1. The summed E-state index contributed by atoms with van der Waals surface area (Å²) in [5, 5.41) is 2.91. The lowest BCUT2D eigenvalue weighted by atomic mass is 10.2. The van der Waals surface area contributed by atoms with Gasteiger partial charge < -0.3 is 16.0 Å². The molecule has 1 aromatic carbocycles. The van der Waals surface area contributed by atoms with E-state index in [9.17, 15) is 9.59 Å². The van der Waals surface area contributed by atoms with Crippen LogP contribution in [0.15, 0.2) is 29.2 Å². The molecule has 1 fully saturated rings. The molecule has 7 heteroatoms. The van der Waals surface area contributed by atoms with Gasteiger partial charge in [-0.3, -0.25) is 9.59 Å². The molecule has 0 bridgehead atoms. The summed E-state index contributed by atoms with van der Waals surface area (Å²) in [5.41, 5.74) is 6.09. The molecule has 0 spiro atoms. The minimum absolute atomic E-state index is 0. The molecular formula is C17H26ClN3O2S. The van der Waals surface area contributed by atoms with Crippen LogP contribution in [-0.4, -0.2) is 48.6 Å². The topological polar surface area (TPSA) is 75.4 Å². The van der Waals surface area contributed by atoms with Crippen LogP contribution in [0.5, 0.6) is 0 Å². The highest BCUT2D eigenvalue weighted by atomic mass is 35.5. The molecule has 134 valence electrons. The largest absolute Gasteiger partial charge is 0.352 e. The SMILES string of the molecule is Cl.NCCCCNC(=O)c1ccccc1SCC(=O)N1CCCC1. The van der Waals surface area contributed by atoms with Gasteiger partial charge in [-0.05, 0) is 44.4 Å². The molecule has 3 N–H and O–H groups in total. The number of carbonyl (C=O) groups is 2. The van der Waals surface area contributed by atoms with E-state index in [1.807, 2.05) is 23.1 Å². The van der Waals surface area contributed by atoms with Crippen molar-refractivity contribution in [1.29, 1.82) is 0 Å². The molecule has 5 nitrogen and oxygen atoms in total. The smallest absolute Gasteiger partial charge is 0.252 e. The van der Waals surface area contributed by atoms with E-state index in [0.29, 0.717) is 24.4 Å². The van der Waals surface area contributed by atoms with Gasteiger partial charge in [0.05, 0.1) is 11.3 Å². The lowest BCUT2D eigenvalue weighted by Gasteiger charge is -2.15. The Hall–Kier alpha value is -1.24. The van der Waals surface area contributed by atoms with Crippen LogP contribution >= 0.6 is 24.2 Å². The fourth-order valence-corrected chi connectivity index (χ4v) is 3.50. The molecule has 1 saturated heterocycles. The standard InChI is InChI=1S/C17H25N3O2S.ClH/c18-9-3-4-10-19-17(22)14-7-1-2-8-15(14)23-13-16(21)20-11-5-6-12-20;/h1-2,7-8H,3-6,9-13,18H2,(H,19,22);1H. The minimum atomic E-state index is -0.0845. The first kappa shape index (κ1) is 20.8. The summed E-state index contributed by atoms with van der Waals surface area (Å²) >= 11 is 1.44. The number of hydrogen-bond donors (Lipinski definition) is 2. The van der Waals surface area contributed by atoms with E-state index >= 15 is 0 Å². The van der Waals surface area contributed by atoms with E-state index in [1.54, 1.807) is 6.07 Å². The van der Waals surface area contributed by atoms with E-state index in [1.165, 1.54) is 11.8 Å². The predicted octanol–water partition coefficient (Wildman–Crippen LogP) is 2.29. The summed E-state index contributed by atoms with van der Waals surface area (Å²) in [7, 11) is 0. The van der Waals surface area contributed by atoms with Gasteiger partial charge in [-0.15, -0.1) is 24.2 Å². The van der Waals surface area contributed by atoms with E-state index in [0.717, 1.165) is 43.7 Å². The molecule has 1 aromatic rings. The number of rotatable bonds is 8. The zero-order valence-electron chi connectivity index (χ0n) is 13.8. The van der Waals surface area contributed by atoms with Crippen molar-refractivity contribution >= 4 is 36.0 Å². The molecule has 1 aliphatic rings. The number of nitrogens with zero attached hydrogens (tertiary/aromatic N) is 1. The summed E-state index contributed by atoms with van der Waals surface area (Å²) < 4.78 is 0. The second-order valence-corrected chi connectivity index (χ2v) is 6.64. The third-order valence-electron chi connectivity index (χ3n) is 3.86. The normalized spacial score (nSPS) is 13.5. The summed E-state index contributed by atoms with van der Waals surface area (Å²) in [4.78, 5) is 27.2. The molecule has 0 saturated carbocycles. The van der Waals surface area contributed by atoms with E-state index < -0.39 is 0 Å². The van der Waals surface area contributed by atoms with E-state index in [-0.39, 0.29) is 24.2 Å². The summed E-state index contributed by atoms with van der Waals surface area (Å²) in [6.45, 7) is 2.99. The Balaban J connectivity index is 0.00000288. The predicted molar refractivity (Wildman–Crippen MR) is 101 cm³/mol. The van der Waals surface area contributed by atoms with Crippen LogP contribution in [-0.2, 0) is 4.79 Å². The summed E-state index contributed by atoms with van der Waals surface area (Å²) in [6.07, 6.45) is 3.97. The Morgan fingerprint density at radius 2 is 1.88 bits per heavy atom. The number of halogens is 1. The number of carbonyl (C=O) groups excluding carboxylic acids is 2. The number of hydrogen-bond acceptors (Lipinski definition) is 4. The monoisotopic (exact) mass is 371 g/mol. The maximum absolute atomic E-state index is 12.3. The highest BCUT2D eigenvalue weighted by Gasteiger charge is 2.19. The molecule has 24 heavy (non-hydrogen) atoms. The second-order valence-electron chi connectivity index (χ2n) is 5.62. The van der Waals surface area contributed by atoms with Crippen LogP contribution in [0.4, 0.5) is 0 Å². The molecule has 0 aromatic heterocycles. The van der Waals surface area contributed by atoms with Gasteiger partial charge in [0.1, 0.15) is 0 Å². The number of amides is 2. The van der Waals surface area contributed by atoms with Crippen LogP contribution in [0.1, 0.15) is 36.0 Å². The number of nitrogens with one attached hydrogen (secondary N) is 1. The fraction of sp³-hybridized carbons (Fsp3) is 0.529. The Bertz CT molecular complexity index is 536. The Kier molecular flexibility index (Phi) is 9.83. The quantitative estimate of drug-likeness (QED) is 0.543. The Morgan fingerprint density at radius 3 is 2.58 bits per heavy atom. The van der Waals surface area contributed by atoms with Crippen molar-refractivity contribution in [1.82, 2.24) is 10.2 Å². The van der Waals surface area contributed by atoms with E-state index in [2.05, 4.69) is 5.32 Å². The van der Waals surface area contributed by atoms with Crippen LogP contribution in [0, 0.1) is 0 Å². The van der Waals surface area contributed by atoms with Crippen LogP contribution < -0.4 is 11.1 Å². The number of unbranched alkanes of at least 4 members (excludes halogenated alkanes) is 1. The first-order valence-corrected chi connectivity index (χ1v) is 9.19. The van der Waals surface area contributed by atoms with E-state index in [4.69, 9.17) is 5.73 Å².